The summed E-state index contributed by atoms with van der Waals surface area (Å²) in [5, 5.41) is 5.61. The van der Waals surface area contributed by atoms with Crippen LogP contribution in [0, 0.1) is 0 Å². The SMILES string of the molecule is CNC(CCc1ccccc1)c1csc(Br)c1. The van der Waals surface area contributed by atoms with Gasteiger partial charge in [-0.2, -0.15) is 0 Å². The van der Waals surface area contributed by atoms with E-state index < -0.39 is 0 Å². The average molecular weight is 310 g/mol. The predicted octanol–water partition coefficient (Wildman–Crippen LogP) is 4.40. The Kier molecular flexibility index (Phi) is 4.77. The molecule has 1 atom stereocenters. The molecule has 0 radical (unpaired) electrons. The second-order valence-corrected chi connectivity index (χ2v) is 6.34. The Bertz CT molecular complexity index is 452. The number of halogens is 1. The third-order valence-corrected chi connectivity index (χ3v) is 4.43. The molecule has 1 heterocycles. The van der Waals surface area contributed by atoms with Crippen molar-refractivity contribution >= 4 is 27.3 Å². The zero-order valence-corrected chi connectivity index (χ0v) is 12.2. The van der Waals surface area contributed by atoms with Crippen molar-refractivity contribution in [2.45, 2.75) is 18.9 Å². The maximum absolute atomic E-state index is 3.52. The maximum atomic E-state index is 3.52. The van der Waals surface area contributed by atoms with Crippen LogP contribution in [-0.4, -0.2) is 7.05 Å². The van der Waals surface area contributed by atoms with Crippen LogP contribution in [0.3, 0.4) is 0 Å². The Morgan fingerprint density at radius 1 is 1.29 bits per heavy atom. The van der Waals surface area contributed by atoms with Crippen LogP contribution in [0.25, 0.3) is 0 Å². The molecule has 0 bridgehead atoms. The standard InChI is InChI=1S/C14H16BrNS/c1-16-13(12-9-14(15)17-10-12)8-7-11-5-3-2-4-6-11/h2-6,9-10,13,16H,7-8H2,1H3. The molecule has 0 fully saturated rings. The van der Waals surface area contributed by atoms with Crippen LogP contribution >= 0.6 is 27.3 Å². The molecular weight excluding hydrogens is 294 g/mol. The Morgan fingerprint density at radius 2 is 2.06 bits per heavy atom. The van der Waals surface area contributed by atoms with Gasteiger partial charge in [0.25, 0.3) is 0 Å². The molecule has 0 spiro atoms. The number of nitrogens with one attached hydrogen (secondary N) is 1. The zero-order valence-electron chi connectivity index (χ0n) is 9.82. The maximum Gasteiger partial charge on any atom is 0.0701 e. The van der Waals surface area contributed by atoms with Crippen molar-refractivity contribution in [3.05, 3.63) is 56.7 Å². The molecule has 90 valence electrons. The first-order valence-corrected chi connectivity index (χ1v) is 7.42. The van der Waals surface area contributed by atoms with Gasteiger partial charge in [-0.25, -0.2) is 0 Å². The van der Waals surface area contributed by atoms with Crippen molar-refractivity contribution in [2.24, 2.45) is 0 Å². The lowest BCUT2D eigenvalue weighted by molar-refractivity contribution is 0.551. The normalized spacial score (nSPS) is 12.6. The summed E-state index contributed by atoms with van der Waals surface area (Å²) in [4.78, 5) is 0. The second-order valence-electron chi connectivity index (χ2n) is 4.05. The van der Waals surface area contributed by atoms with E-state index >= 15 is 0 Å². The monoisotopic (exact) mass is 309 g/mol. The molecule has 17 heavy (non-hydrogen) atoms. The van der Waals surface area contributed by atoms with E-state index in [4.69, 9.17) is 0 Å². The van der Waals surface area contributed by atoms with Gasteiger partial charge in [-0.15, -0.1) is 11.3 Å². The predicted molar refractivity (Wildman–Crippen MR) is 78.6 cm³/mol. The molecular formula is C14H16BrNS. The van der Waals surface area contributed by atoms with Crippen molar-refractivity contribution in [1.29, 1.82) is 0 Å². The first-order valence-electron chi connectivity index (χ1n) is 5.74. The zero-order chi connectivity index (χ0) is 12.1. The minimum Gasteiger partial charge on any atom is -0.313 e. The van der Waals surface area contributed by atoms with E-state index in [2.05, 4.69) is 63.0 Å². The van der Waals surface area contributed by atoms with E-state index in [1.165, 1.54) is 14.9 Å². The average Bonchev–Trinajstić information content (AvgIpc) is 2.78. The van der Waals surface area contributed by atoms with E-state index in [0.717, 1.165) is 12.8 Å². The highest BCUT2D eigenvalue weighted by molar-refractivity contribution is 9.11. The number of aryl methyl sites for hydroxylation is 1. The van der Waals surface area contributed by atoms with Crippen molar-refractivity contribution in [1.82, 2.24) is 5.32 Å². The van der Waals surface area contributed by atoms with Gasteiger partial charge < -0.3 is 5.32 Å². The van der Waals surface area contributed by atoms with Crippen LogP contribution in [0.4, 0.5) is 0 Å². The molecule has 0 aliphatic carbocycles. The summed E-state index contributed by atoms with van der Waals surface area (Å²) in [6.07, 6.45) is 2.24. The lowest BCUT2D eigenvalue weighted by Gasteiger charge is -2.14. The smallest absolute Gasteiger partial charge is 0.0701 e. The lowest BCUT2D eigenvalue weighted by atomic mass is 10.0. The van der Waals surface area contributed by atoms with Gasteiger partial charge in [-0.05, 0) is 58.4 Å². The Balaban J connectivity index is 1.97. The van der Waals surface area contributed by atoms with Gasteiger partial charge in [0, 0.05) is 6.04 Å². The van der Waals surface area contributed by atoms with Crippen molar-refractivity contribution in [2.75, 3.05) is 7.05 Å². The van der Waals surface area contributed by atoms with Crippen LogP contribution in [-0.2, 0) is 6.42 Å². The molecule has 0 saturated heterocycles. The summed E-state index contributed by atoms with van der Waals surface area (Å²) < 4.78 is 1.20. The number of benzene rings is 1. The number of hydrogen-bond donors (Lipinski definition) is 1. The molecule has 2 aromatic rings. The summed E-state index contributed by atoms with van der Waals surface area (Å²) in [5.41, 5.74) is 2.78. The molecule has 0 saturated carbocycles. The minimum atomic E-state index is 0.442. The van der Waals surface area contributed by atoms with E-state index in [0.29, 0.717) is 6.04 Å². The van der Waals surface area contributed by atoms with E-state index in [9.17, 15) is 0 Å². The molecule has 0 amide bonds. The van der Waals surface area contributed by atoms with Crippen LogP contribution in [0.15, 0.2) is 45.6 Å². The van der Waals surface area contributed by atoms with Crippen molar-refractivity contribution < 1.29 is 0 Å². The fourth-order valence-electron chi connectivity index (χ4n) is 1.94. The highest BCUT2D eigenvalue weighted by Crippen LogP contribution is 2.27. The molecule has 0 aliphatic heterocycles. The number of thiophene rings is 1. The quantitative estimate of drug-likeness (QED) is 0.863. The third-order valence-electron chi connectivity index (χ3n) is 2.90. The number of hydrogen-bond acceptors (Lipinski definition) is 2. The first-order chi connectivity index (χ1) is 8.29. The molecule has 3 heteroatoms. The van der Waals surface area contributed by atoms with Gasteiger partial charge in [0.1, 0.15) is 0 Å². The number of rotatable bonds is 5. The topological polar surface area (TPSA) is 12.0 Å². The van der Waals surface area contributed by atoms with E-state index in [1.54, 1.807) is 11.3 Å². The van der Waals surface area contributed by atoms with Gasteiger partial charge in [-0.1, -0.05) is 30.3 Å². The molecule has 1 aromatic heterocycles. The Hall–Kier alpha value is -0.640. The van der Waals surface area contributed by atoms with Gasteiger partial charge in [0.15, 0.2) is 0 Å². The summed E-state index contributed by atoms with van der Waals surface area (Å²) in [7, 11) is 2.03. The molecule has 1 unspecified atom stereocenters. The summed E-state index contributed by atoms with van der Waals surface area (Å²) in [6, 6.07) is 13.3. The van der Waals surface area contributed by atoms with Gasteiger partial charge in [0.2, 0.25) is 0 Å². The first kappa shape index (κ1) is 12.8. The van der Waals surface area contributed by atoms with Crippen LogP contribution in [0.5, 0.6) is 0 Å². The molecule has 0 aliphatic rings. The second kappa shape index (κ2) is 6.34. The van der Waals surface area contributed by atoms with E-state index in [-0.39, 0.29) is 0 Å². The van der Waals surface area contributed by atoms with Gasteiger partial charge in [-0.3, -0.25) is 0 Å². The molecule has 2 rings (SSSR count). The third kappa shape index (κ3) is 3.66. The fraction of sp³-hybridized carbons (Fsp3) is 0.286. The fourth-order valence-corrected chi connectivity index (χ4v) is 3.17. The van der Waals surface area contributed by atoms with Crippen molar-refractivity contribution in [3.63, 3.8) is 0 Å². The van der Waals surface area contributed by atoms with Gasteiger partial charge in [0.05, 0.1) is 3.79 Å². The lowest BCUT2D eigenvalue weighted by Crippen LogP contribution is -2.16. The van der Waals surface area contributed by atoms with Crippen LogP contribution in [0.2, 0.25) is 0 Å². The van der Waals surface area contributed by atoms with Crippen LogP contribution < -0.4 is 5.32 Å². The molecule has 1 aromatic carbocycles. The van der Waals surface area contributed by atoms with Crippen LogP contribution in [0.1, 0.15) is 23.6 Å². The summed E-state index contributed by atoms with van der Waals surface area (Å²) >= 11 is 5.26. The summed E-state index contributed by atoms with van der Waals surface area (Å²) in [5.74, 6) is 0. The molecule has 1 N–H and O–H groups in total. The Morgan fingerprint density at radius 3 is 2.65 bits per heavy atom. The highest BCUT2D eigenvalue weighted by atomic mass is 79.9. The molecule has 1 nitrogen and oxygen atoms in total. The Labute approximate surface area is 115 Å². The van der Waals surface area contributed by atoms with Gasteiger partial charge >= 0.3 is 0 Å². The largest absolute Gasteiger partial charge is 0.313 e. The minimum absolute atomic E-state index is 0.442. The van der Waals surface area contributed by atoms with Crippen molar-refractivity contribution in [3.8, 4) is 0 Å². The highest BCUT2D eigenvalue weighted by Gasteiger charge is 2.10. The summed E-state index contributed by atoms with van der Waals surface area (Å²) in [6.45, 7) is 0. The van der Waals surface area contributed by atoms with E-state index in [1.807, 2.05) is 7.05 Å².